The second-order valence-electron chi connectivity index (χ2n) is 4.07. The van der Waals surface area contributed by atoms with Gasteiger partial charge >= 0.3 is 5.97 Å². The maximum atomic E-state index is 12.0. The number of nitrogens with one attached hydrogen (secondary N) is 1. The van der Waals surface area contributed by atoms with Crippen LogP contribution in [0.2, 0.25) is 0 Å². The van der Waals surface area contributed by atoms with Gasteiger partial charge in [0.2, 0.25) is 0 Å². The summed E-state index contributed by atoms with van der Waals surface area (Å²) in [6.45, 7) is 7.00. The van der Waals surface area contributed by atoms with Gasteiger partial charge in [-0.1, -0.05) is 18.7 Å². The smallest absolute Gasteiger partial charge is 0.326 e. The van der Waals surface area contributed by atoms with E-state index in [4.69, 9.17) is 4.74 Å². The zero-order valence-electron chi connectivity index (χ0n) is 11.1. The molecular weight excluding hydrogens is 268 g/mol. The molecule has 0 aliphatic heterocycles. The first kappa shape index (κ1) is 15.5. The number of carbonyl (C=O) groups excluding carboxylic acids is 1. The molecule has 1 atom stereocenters. The van der Waals surface area contributed by atoms with Gasteiger partial charge in [-0.25, -0.2) is 4.98 Å². The Kier molecular flexibility index (Phi) is 6.67. The van der Waals surface area contributed by atoms with E-state index in [9.17, 15) is 4.79 Å². The number of nitrogens with zero attached hydrogens (tertiary/aromatic N) is 1. The van der Waals surface area contributed by atoms with Crippen LogP contribution in [0.3, 0.4) is 0 Å². The van der Waals surface area contributed by atoms with Crippen LogP contribution in [0.1, 0.15) is 27.2 Å². The predicted molar refractivity (Wildman–Crippen MR) is 76.2 cm³/mol. The van der Waals surface area contributed by atoms with Crippen molar-refractivity contribution in [2.75, 3.05) is 18.9 Å². The van der Waals surface area contributed by atoms with Gasteiger partial charge in [0.05, 0.1) is 6.61 Å². The molecule has 0 aliphatic carbocycles. The summed E-state index contributed by atoms with van der Waals surface area (Å²) in [5.41, 5.74) is -0.650. The van der Waals surface area contributed by atoms with Crippen LogP contribution in [0.15, 0.2) is 15.9 Å². The van der Waals surface area contributed by atoms with Crippen molar-refractivity contribution >= 4 is 29.1 Å². The molecule has 1 heterocycles. The van der Waals surface area contributed by atoms with E-state index < -0.39 is 5.54 Å². The van der Waals surface area contributed by atoms with Gasteiger partial charge in [0.1, 0.15) is 9.88 Å². The molecule has 102 valence electrons. The minimum Gasteiger partial charge on any atom is -0.465 e. The highest BCUT2D eigenvalue weighted by Gasteiger charge is 2.34. The van der Waals surface area contributed by atoms with E-state index in [0.29, 0.717) is 12.4 Å². The molecule has 0 saturated carbocycles. The minimum atomic E-state index is -0.650. The fourth-order valence-corrected chi connectivity index (χ4v) is 3.10. The third-order valence-electron chi connectivity index (χ3n) is 2.39. The summed E-state index contributed by atoms with van der Waals surface area (Å²) < 4.78 is 6.12. The lowest BCUT2D eigenvalue weighted by molar-refractivity contribution is -0.149. The van der Waals surface area contributed by atoms with Crippen molar-refractivity contribution in [3.05, 3.63) is 11.6 Å². The lowest BCUT2D eigenvalue weighted by atomic mass is 10.1. The molecular formula is C12H20N2O2S2. The first-order valence-electron chi connectivity index (χ1n) is 6.07. The molecule has 4 nitrogen and oxygen atoms in total. The molecule has 18 heavy (non-hydrogen) atoms. The third kappa shape index (κ3) is 4.59. The summed E-state index contributed by atoms with van der Waals surface area (Å²) in [5.74, 6) is 0.432. The summed E-state index contributed by atoms with van der Waals surface area (Å²) in [6.07, 6.45) is 2.76. The standard InChI is InChI=1S/C12H20N2O2S2/c1-4-6-14-12(3,10(15)16-5-2)9-18-11-13-7-8-17-11/h7-8,14H,4-6,9H2,1-3H3. The first-order chi connectivity index (χ1) is 8.62. The Balaban J connectivity index is 2.61. The molecule has 1 rings (SSSR count). The summed E-state index contributed by atoms with van der Waals surface area (Å²) in [4.78, 5) is 16.2. The second kappa shape index (κ2) is 7.76. The fourth-order valence-electron chi connectivity index (χ4n) is 1.36. The highest BCUT2D eigenvalue weighted by Crippen LogP contribution is 2.25. The average molecular weight is 288 g/mol. The first-order valence-corrected chi connectivity index (χ1v) is 7.93. The molecule has 0 bridgehead atoms. The Morgan fingerprint density at radius 2 is 2.39 bits per heavy atom. The number of thioether (sulfide) groups is 1. The Bertz CT molecular complexity index is 357. The van der Waals surface area contributed by atoms with Crippen molar-refractivity contribution in [1.29, 1.82) is 0 Å². The second-order valence-corrected chi connectivity index (χ2v) is 6.18. The van der Waals surface area contributed by atoms with Gasteiger partial charge in [0.15, 0.2) is 0 Å². The molecule has 0 radical (unpaired) electrons. The van der Waals surface area contributed by atoms with E-state index in [1.165, 1.54) is 0 Å². The van der Waals surface area contributed by atoms with E-state index in [1.807, 2.05) is 19.2 Å². The molecule has 0 aromatic carbocycles. The van der Waals surface area contributed by atoms with Crippen LogP contribution in [0.4, 0.5) is 0 Å². The van der Waals surface area contributed by atoms with Crippen LogP contribution in [0.5, 0.6) is 0 Å². The van der Waals surface area contributed by atoms with E-state index in [1.54, 1.807) is 29.3 Å². The quantitative estimate of drug-likeness (QED) is 0.588. The number of hydrogen-bond acceptors (Lipinski definition) is 6. The number of hydrogen-bond donors (Lipinski definition) is 1. The summed E-state index contributed by atoms with van der Waals surface area (Å²) in [6, 6.07) is 0. The maximum Gasteiger partial charge on any atom is 0.326 e. The molecule has 0 saturated heterocycles. The van der Waals surface area contributed by atoms with Crippen molar-refractivity contribution < 1.29 is 9.53 Å². The summed E-state index contributed by atoms with van der Waals surface area (Å²) >= 11 is 3.17. The average Bonchev–Trinajstić information content (AvgIpc) is 2.87. The Morgan fingerprint density at radius 1 is 1.61 bits per heavy atom. The molecule has 1 unspecified atom stereocenters. The summed E-state index contributed by atoms with van der Waals surface area (Å²) in [7, 11) is 0. The predicted octanol–water partition coefficient (Wildman–Crippen LogP) is 2.56. The number of thiazole rings is 1. The van der Waals surface area contributed by atoms with Crippen LogP contribution >= 0.6 is 23.1 Å². The maximum absolute atomic E-state index is 12.0. The van der Waals surface area contributed by atoms with Crippen molar-refractivity contribution in [1.82, 2.24) is 10.3 Å². The van der Waals surface area contributed by atoms with Gasteiger partial charge in [-0.2, -0.15) is 0 Å². The van der Waals surface area contributed by atoms with Gasteiger partial charge in [0.25, 0.3) is 0 Å². The number of ether oxygens (including phenoxy) is 1. The normalized spacial score (nSPS) is 14.2. The zero-order valence-corrected chi connectivity index (χ0v) is 12.7. The number of rotatable bonds is 8. The van der Waals surface area contributed by atoms with Gasteiger partial charge in [-0.3, -0.25) is 4.79 Å². The van der Waals surface area contributed by atoms with Crippen LogP contribution in [0, 0.1) is 0 Å². The molecule has 1 N–H and O–H groups in total. The van der Waals surface area contributed by atoms with E-state index in [-0.39, 0.29) is 5.97 Å². The van der Waals surface area contributed by atoms with Crippen molar-refractivity contribution in [2.45, 2.75) is 37.1 Å². The highest BCUT2D eigenvalue weighted by atomic mass is 32.2. The van der Waals surface area contributed by atoms with Crippen molar-refractivity contribution in [2.24, 2.45) is 0 Å². The highest BCUT2D eigenvalue weighted by molar-refractivity contribution is 8.01. The SMILES string of the molecule is CCCNC(C)(CSc1nccs1)C(=O)OCC. The van der Waals surface area contributed by atoms with Crippen molar-refractivity contribution in [3.8, 4) is 0 Å². The molecule has 0 fully saturated rings. The topological polar surface area (TPSA) is 51.2 Å². The molecule has 1 aromatic heterocycles. The van der Waals surface area contributed by atoms with Crippen LogP contribution < -0.4 is 5.32 Å². The molecule has 0 spiro atoms. The summed E-state index contributed by atoms with van der Waals surface area (Å²) in [5, 5.41) is 5.21. The van der Waals surface area contributed by atoms with E-state index in [0.717, 1.165) is 17.3 Å². The van der Waals surface area contributed by atoms with Crippen LogP contribution in [-0.4, -0.2) is 35.4 Å². The fraction of sp³-hybridized carbons (Fsp3) is 0.667. The molecule has 0 amide bonds. The molecule has 6 heteroatoms. The monoisotopic (exact) mass is 288 g/mol. The van der Waals surface area contributed by atoms with Crippen LogP contribution in [0.25, 0.3) is 0 Å². The Morgan fingerprint density at radius 3 is 2.94 bits per heavy atom. The number of esters is 1. The Labute approximate surface area is 117 Å². The third-order valence-corrected chi connectivity index (χ3v) is 4.67. The van der Waals surface area contributed by atoms with Gasteiger partial charge < -0.3 is 10.1 Å². The largest absolute Gasteiger partial charge is 0.465 e. The Hall–Kier alpha value is -0.590. The lowest BCUT2D eigenvalue weighted by Gasteiger charge is -2.27. The molecule has 0 aliphatic rings. The number of aromatic nitrogens is 1. The van der Waals surface area contributed by atoms with Gasteiger partial charge in [-0.05, 0) is 26.8 Å². The zero-order chi connectivity index (χ0) is 13.4. The van der Waals surface area contributed by atoms with Gasteiger partial charge in [-0.15, -0.1) is 11.3 Å². The van der Waals surface area contributed by atoms with E-state index in [2.05, 4.69) is 17.2 Å². The van der Waals surface area contributed by atoms with Crippen LogP contribution in [-0.2, 0) is 9.53 Å². The lowest BCUT2D eigenvalue weighted by Crippen LogP contribution is -2.52. The minimum absolute atomic E-state index is 0.192. The van der Waals surface area contributed by atoms with Gasteiger partial charge in [0, 0.05) is 17.3 Å². The van der Waals surface area contributed by atoms with E-state index >= 15 is 0 Å². The van der Waals surface area contributed by atoms with Crippen molar-refractivity contribution in [3.63, 3.8) is 0 Å². The number of carbonyl (C=O) groups is 1. The molecule has 1 aromatic rings.